The minimum absolute atomic E-state index is 0.0954. The molecule has 0 bridgehead atoms. The number of hydrogen-bond acceptors (Lipinski definition) is 6. The summed E-state index contributed by atoms with van der Waals surface area (Å²) in [4.78, 5) is 31.7. The Bertz CT molecular complexity index is 764. The van der Waals surface area contributed by atoms with Crippen LogP contribution in [0.15, 0.2) is 29.4 Å². The number of carbonyl (C=O) groups is 2. The van der Waals surface area contributed by atoms with Crippen LogP contribution in [0.2, 0.25) is 0 Å². The molecule has 0 aliphatic carbocycles. The number of aryl methyl sites for hydroxylation is 2. The maximum Gasteiger partial charge on any atom is 0.316 e. The van der Waals surface area contributed by atoms with E-state index in [-0.39, 0.29) is 5.75 Å². The summed E-state index contributed by atoms with van der Waals surface area (Å²) >= 11 is 1.07. The Balaban J connectivity index is 1.86. The second-order valence-electron chi connectivity index (χ2n) is 4.93. The lowest BCUT2D eigenvalue weighted by atomic mass is 10.1. The third kappa shape index (κ3) is 5.09. The molecule has 2 aromatic rings. The Morgan fingerprint density at radius 1 is 1.12 bits per heavy atom. The fraction of sp³-hybridized carbons (Fsp3) is 0.250. The molecule has 0 spiro atoms. The number of benzene rings is 1. The lowest BCUT2D eigenvalue weighted by Crippen LogP contribution is -2.17. The summed E-state index contributed by atoms with van der Waals surface area (Å²) in [7, 11) is 0. The Kier molecular flexibility index (Phi) is 5.97. The van der Waals surface area contributed by atoms with Gasteiger partial charge in [0.05, 0.1) is 11.3 Å². The molecule has 24 heavy (non-hydrogen) atoms. The second-order valence-corrected chi connectivity index (χ2v) is 5.87. The van der Waals surface area contributed by atoms with Gasteiger partial charge < -0.3 is 4.74 Å². The highest BCUT2D eigenvalue weighted by Crippen LogP contribution is 2.15. The van der Waals surface area contributed by atoms with Crippen molar-refractivity contribution < 1.29 is 23.1 Å². The standard InChI is InChI=1S/C16H14F2N2O3S/c1-9-5-10(2)20-16(19-9)24-8-15(22)23-7-14(21)12-6-11(17)3-4-13(12)18/h3-6H,7-8H2,1-2H3. The van der Waals surface area contributed by atoms with Gasteiger partial charge in [0.15, 0.2) is 11.8 Å². The van der Waals surface area contributed by atoms with Crippen molar-refractivity contribution >= 4 is 23.5 Å². The molecule has 1 aromatic heterocycles. The molecule has 1 heterocycles. The van der Waals surface area contributed by atoms with Gasteiger partial charge in [0.1, 0.15) is 11.6 Å². The normalized spacial score (nSPS) is 10.5. The summed E-state index contributed by atoms with van der Waals surface area (Å²) in [6, 6.07) is 4.31. The van der Waals surface area contributed by atoms with Crippen LogP contribution >= 0.6 is 11.8 Å². The largest absolute Gasteiger partial charge is 0.457 e. The number of carbonyl (C=O) groups excluding carboxylic acids is 2. The van der Waals surface area contributed by atoms with Crippen LogP contribution in [-0.4, -0.2) is 34.1 Å². The van der Waals surface area contributed by atoms with Crippen LogP contribution in [-0.2, 0) is 9.53 Å². The Hall–Kier alpha value is -2.35. The first-order chi connectivity index (χ1) is 11.3. The van der Waals surface area contributed by atoms with Gasteiger partial charge in [-0.2, -0.15) is 0 Å². The van der Waals surface area contributed by atoms with Crippen molar-refractivity contribution in [3.63, 3.8) is 0 Å². The first kappa shape index (κ1) is 18.0. The number of nitrogens with zero attached hydrogens (tertiary/aromatic N) is 2. The van der Waals surface area contributed by atoms with Gasteiger partial charge in [0.2, 0.25) is 5.78 Å². The van der Waals surface area contributed by atoms with Gasteiger partial charge in [-0.3, -0.25) is 9.59 Å². The summed E-state index contributed by atoms with van der Waals surface area (Å²) in [5.41, 5.74) is 1.10. The summed E-state index contributed by atoms with van der Waals surface area (Å²) in [5, 5.41) is 0.423. The first-order valence-electron chi connectivity index (χ1n) is 6.94. The Labute approximate surface area is 141 Å². The molecule has 0 saturated carbocycles. The number of thioether (sulfide) groups is 1. The highest BCUT2D eigenvalue weighted by Gasteiger charge is 2.15. The summed E-state index contributed by atoms with van der Waals surface area (Å²) in [5.74, 6) is -3.19. The first-order valence-corrected chi connectivity index (χ1v) is 7.92. The minimum Gasteiger partial charge on any atom is -0.457 e. The molecule has 8 heteroatoms. The lowest BCUT2D eigenvalue weighted by Gasteiger charge is -2.06. The number of Topliss-reactive ketones (excluding diaryl/α,β-unsaturated/α-hetero) is 1. The number of ether oxygens (including phenoxy) is 1. The molecule has 0 saturated heterocycles. The quantitative estimate of drug-likeness (QED) is 0.345. The summed E-state index contributed by atoms with van der Waals surface area (Å²) < 4.78 is 31.3. The second kappa shape index (κ2) is 7.96. The van der Waals surface area contributed by atoms with E-state index in [0.717, 1.165) is 41.3 Å². The predicted molar refractivity (Wildman–Crippen MR) is 83.9 cm³/mol. The summed E-state index contributed by atoms with van der Waals surface area (Å²) in [6.45, 7) is 2.96. The van der Waals surface area contributed by atoms with Crippen LogP contribution in [0.3, 0.4) is 0 Å². The predicted octanol–water partition coefficient (Wildman–Crippen LogP) is 2.89. The average Bonchev–Trinajstić information content (AvgIpc) is 2.52. The molecule has 5 nitrogen and oxygen atoms in total. The summed E-state index contributed by atoms with van der Waals surface area (Å²) in [6.07, 6.45) is 0. The minimum atomic E-state index is -0.865. The topological polar surface area (TPSA) is 69.2 Å². The van der Waals surface area contributed by atoms with Crippen LogP contribution in [0, 0.1) is 25.5 Å². The highest BCUT2D eigenvalue weighted by atomic mass is 32.2. The number of ketones is 1. The van der Waals surface area contributed by atoms with E-state index < -0.39 is 35.6 Å². The molecule has 0 radical (unpaired) electrons. The van der Waals surface area contributed by atoms with Crippen LogP contribution in [0.4, 0.5) is 8.78 Å². The van der Waals surface area contributed by atoms with E-state index in [1.165, 1.54) is 0 Å². The lowest BCUT2D eigenvalue weighted by molar-refractivity contribution is -0.139. The van der Waals surface area contributed by atoms with Crippen molar-refractivity contribution in [3.05, 3.63) is 52.9 Å². The number of hydrogen-bond donors (Lipinski definition) is 0. The van der Waals surface area contributed by atoms with Crippen LogP contribution in [0.25, 0.3) is 0 Å². The van der Waals surface area contributed by atoms with Gasteiger partial charge in [0.25, 0.3) is 0 Å². The number of rotatable bonds is 6. The van der Waals surface area contributed by atoms with Crippen molar-refractivity contribution in [2.45, 2.75) is 19.0 Å². The molecule has 2 rings (SSSR count). The third-order valence-electron chi connectivity index (χ3n) is 2.87. The monoisotopic (exact) mass is 352 g/mol. The zero-order valence-electron chi connectivity index (χ0n) is 13.0. The number of esters is 1. The van der Waals surface area contributed by atoms with Gasteiger partial charge in [0, 0.05) is 11.4 Å². The molecule has 0 N–H and O–H groups in total. The van der Waals surface area contributed by atoms with Crippen molar-refractivity contribution in [1.82, 2.24) is 9.97 Å². The smallest absolute Gasteiger partial charge is 0.316 e. The van der Waals surface area contributed by atoms with Crippen molar-refractivity contribution in [2.24, 2.45) is 0 Å². The van der Waals surface area contributed by atoms with E-state index in [1.807, 2.05) is 13.8 Å². The zero-order valence-corrected chi connectivity index (χ0v) is 13.8. The van der Waals surface area contributed by atoms with Gasteiger partial charge in [-0.15, -0.1) is 0 Å². The maximum atomic E-state index is 13.4. The van der Waals surface area contributed by atoms with E-state index in [1.54, 1.807) is 6.07 Å². The zero-order chi connectivity index (χ0) is 17.7. The Morgan fingerprint density at radius 3 is 2.46 bits per heavy atom. The molecule has 0 atom stereocenters. The molecular weight excluding hydrogens is 338 g/mol. The molecular formula is C16H14F2N2O3S. The van der Waals surface area contributed by atoms with Crippen LogP contribution < -0.4 is 0 Å². The van der Waals surface area contributed by atoms with Crippen LogP contribution in [0.1, 0.15) is 21.7 Å². The molecule has 0 aliphatic heterocycles. The van der Waals surface area contributed by atoms with E-state index >= 15 is 0 Å². The van der Waals surface area contributed by atoms with Crippen molar-refractivity contribution in [1.29, 1.82) is 0 Å². The van der Waals surface area contributed by atoms with Gasteiger partial charge in [-0.25, -0.2) is 18.7 Å². The van der Waals surface area contributed by atoms with E-state index in [2.05, 4.69) is 9.97 Å². The molecule has 0 unspecified atom stereocenters. The van der Waals surface area contributed by atoms with Gasteiger partial charge in [-0.1, -0.05) is 11.8 Å². The molecule has 0 fully saturated rings. The third-order valence-corrected chi connectivity index (χ3v) is 3.69. The van der Waals surface area contributed by atoms with Gasteiger partial charge >= 0.3 is 5.97 Å². The fourth-order valence-electron chi connectivity index (χ4n) is 1.86. The maximum absolute atomic E-state index is 13.4. The van der Waals surface area contributed by atoms with Gasteiger partial charge in [-0.05, 0) is 38.1 Å². The van der Waals surface area contributed by atoms with Crippen molar-refractivity contribution in [3.8, 4) is 0 Å². The molecule has 0 aliphatic rings. The van der Waals surface area contributed by atoms with E-state index in [9.17, 15) is 18.4 Å². The molecule has 126 valence electrons. The van der Waals surface area contributed by atoms with E-state index in [0.29, 0.717) is 5.16 Å². The molecule has 0 amide bonds. The highest BCUT2D eigenvalue weighted by molar-refractivity contribution is 7.99. The average molecular weight is 352 g/mol. The van der Waals surface area contributed by atoms with Crippen molar-refractivity contribution in [2.75, 3.05) is 12.4 Å². The van der Waals surface area contributed by atoms with Crippen LogP contribution in [0.5, 0.6) is 0 Å². The SMILES string of the molecule is Cc1cc(C)nc(SCC(=O)OCC(=O)c2cc(F)ccc2F)n1. The van der Waals surface area contributed by atoms with E-state index in [4.69, 9.17) is 4.74 Å². The fourth-order valence-corrected chi connectivity index (χ4v) is 2.61. The number of halogens is 2. The number of aromatic nitrogens is 2. The molecule has 1 aromatic carbocycles. The Morgan fingerprint density at radius 2 is 1.79 bits per heavy atom.